The number of phenolic OH excluding ortho intramolecular Hbond substituents is 1. The van der Waals surface area contributed by atoms with Gasteiger partial charge in [0, 0.05) is 6.07 Å². The molecule has 0 atom stereocenters. The van der Waals surface area contributed by atoms with Gasteiger partial charge in [-0.3, -0.25) is 4.79 Å². The van der Waals surface area contributed by atoms with Crippen LogP contribution >= 0.6 is 0 Å². The zero-order valence-corrected chi connectivity index (χ0v) is 6.62. The Bertz CT molecular complexity index is 414. The van der Waals surface area contributed by atoms with Crippen LogP contribution in [-0.2, 0) is 4.79 Å². The molecule has 0 spiro atoms. The highest BCUT2D eigenvalue weighted by atomic mass is 19.1. The monoisotopic (exact) mass is 202 g/mol. The third kappa shape index (κ3) is 1.68. The van der Waals surface area contributed by atoms with Crippen LogP contribution in [0.4, 0.5) is 8.78 Å². The summed E-state index contributed by atoms with van der Waals surface area (Å²) in [6, 6.07) is 0.794. The average molecular weight is 202 g/mol. The first-order valence-electron chi connectivity index (χ1n) is 3.39. The van der Waals surface area contributed by atoms with Gasteiger partial charge in [0.15, 0.2) is 11.6 Å². The maximum absolute atomic E-state index is 12.6. The predicted octanol–water partition coefficient (Wildman–Crippen LogP) is 0.938. The van der Waals surface area contributed by atoms with Crippen LogP contribution in [-0.4, -0.2) is 22.0 Å². The summed E-state index contributed by atoms with van der Waals surface area (Å²) in [5.74, 6) is -7.15. The number of phenols is 1. The molecule has 0 radical (unpaired) electrons. The standard InChI is InChI=1S/C8H4F2O4/c9-3-1-4(7(12)8(13)14)6(11)5(10)2-3/h1-2,11H,(H,13,14). The van der Waals surface area contributed by atoms with Crippen LogP contribution in [0.15, 0.2) is 12.1 Å². The lowest BCUT2D eigenvalue weighted by Crippen LogP contribution is -2.13. The smallest absolute Gasteiger partial charge is 0.377 e. The third-order valence-corrected chi connectivity index (χ3v) is 1.47. The van der Waals surface area contributed by atoms with Crippen LogP contribution in [0.2, 0.25) is 0 Å². The minimum absolute atomic E-state index is 0.341. The van der Waals surface area contributed by atoms with Crippen LogP contribution in [0.25, 0.3) is 0 Å². The molecule has 1 aromatic rings. The number of aromatic hydroxyl groups is 1. The molecular weight excluding hydrogens is 198 g/mol. The van der Waals surface area contributed by atoms with E-state index in [1.54, 1.807) is 0 Å². The minimum Gasteiger partial charge on any atom is -0.504 e. The highest BCUT2D eigenvalue weighted by molar-refractivity contribution is 6.40. The fourth-order valence-electron chi connectivity index (χ4n) is 0.854. The molecule has 0 saturated carbocycles. The third-order valence-electron chi connectivity index (χ3n) is 1.47. The van der Waals surface area contributed by atoms with Crippen molar-refractivity contribution in [3.63, 3.8) is 0 Å². The van der Waals surface area contributed by atoms with Crippen molar-refractivity contribution in [3.05, 3.63) is 29.3 Å². The van der Waals surface area contributed by atoms with E-state index in [1.165, 1.54) is 0 Å². The maximum Gasteiger partial charge on any atom is 0.377 e. The zero-order chi connectivity index (χ0) is 10.9. The Labute approximate surface area is 76.4 Å². The van der Waals surface area contributed by atoms with E-state index in [2.05, 4.69) is 0 Å². The van der Waals surface area contributed by atoms with Gasteiger partial charge in [-0.25, -0.2) is 13.6 Å². The molecule has 4 nitrogen and oxygen atoms in total. The first kappa shape index (κ1) is 10.1. The molecule has 0 bridgehead atoms. The highest BCUT2D eigenvalue weighted by Crippen LogP contribution is 2.22. The number of halogens is 2. The number of carbonyl (C=O) groups excluding carboxylic acids is 1. The fourth-order valence-corrected chi connectivity index (χ4v) is 0.854. The molecule has 0 fully saturated rings. The first-order chi connectivity index (χ1) is 6.43. The van der Waals surface area contributed by atoms with Gasteiger partial charge in [0.25, 0.3) is 5.78 Å². The topological polar surface area (TPSA) is 74.6 Å². The number of carboxylic acid groups (broad SMARTS) is 1. The van der Waals surface area contributed by atoms with Crippen molar-refractivity contribution in [3.8, 4) is 5.75 Å². The molecule has 0 unspecified atom stereocenters. The van der Waals surface area contributed by atoms with Crippen LogP contribution in [0.1, 0.15) is 10.4 Å². The number of benzene rings is 1. The van der Waals surface area contributed by atoms with Gasteiger partial charge in [-0.2, -0.15) is 0 Å². The summed E-state index contributed by atoms with van der Waals surface area (Å²) in [5, 5.41) is 17.2. The Morgan fingerprint density at radius 3 is 2.29 bits per heavy atom. The van der Waals surface area contributed by atoms with E-state index < -0.39 is 34.7 Å². The molecule has 1 rings (SSSR count). The Morgan fingerprint density at radius 2 is 1.79 bits per heavy atom. The van der Waals surface area contributed by atoms with Gasteiger partial charge in [0.2, 0.25) is 0 Å². The molecule has 1 aromatic carbocycles. The minimum atomic E-state index is -1.90. The van der Waals surface area contributed by atoms with E-state index in [1.807, 2.05) is 0 Å². The number of rotatable bonds is 2. The summed E-state index contributed by atoms with van der Waals surface area (Å²) in [4.78, 5) is 20.9. The number of carboxylic acids is 1. The molecule has 0 saturated heterocycles. The second-order valence-electron chi connectivity index (χ2n) is 2.42. The van der Waals surface area contributed by atoms with Crippen molar-refractivity contribution < 1.29 is 28.6 Å². The number of ketones is 1. The van der Waals surface area contributed by atoms with Crippen molar-refractivity contribution in [1.29, 1.82) is 0 Å². The second kappa shape index (κ2) is 3.41. The lowest BCUT2D eigenvalue weighted by molar-refractivity contribution is -0.131. The van der Waals surface area contributed by atoms with E-state index in [0.29, 0.717) is 12.1 Å². The Hall–Kier alpha value is -1.98. The molecule has 74 valence electrons. The van der Waals surface area contributed by atoms with Crippen molar-refractivity contribution in [2.24, 2.45) is 0 Å². The summed E-state index contributed by atoms with van der Waals surface area (Å²) in [6.45, 7) is 0. The predicted molar refractivity (Wildman–Crippen MR) is 40.0 cm³/mol. The fraction of sp³-hybridized carbons (Fsp3) is 0. The first-order valence-corrected chi connectivity index (χ1v) is 3.39. The van der Waals surface area contributed by atoms with Crippen molar-refractivity contribution >= 4 is 11.8 Å². The largest absolute Gasteiger partial charge is 0.504 e. The van der Waals surface area contributed by atoms with E-state index >= 15 is 0 Å². The van der Waals surface area contributed by atoms with Crippen molar-refractivity contribution in [1.82, 2.24) is 0 Å². The molecule has 0 heterocycles. The van der Waals surface area contributed by atoms with E-state index in [4.69, 9.17) is 10.2 Å². The Morgan fingerprint density at radius 1 is 1.21 bits per heavy atom. The van der Waals surface area contributed by atoms with Crippen LogP contribution in [0.5, 0.6) is 5.75 Å². The van der Waals surface area contributed by atoms with Gasteiger partial charge >= 0.3 is 5.97 Å². The van der Waals surface area contributed by atoms with Crippen molar-refractivity contribution in [2.45, 2.75) is 0 Å². The van der Waals surface area contributed by atoms with Crippen molar-refractivity contribution in [2.75, 3.05) is 0 Å². The Kier molecular flexibility index (Phi) is 2.46. The van der Waals surface area contributed by atoms with E-state index in [-0.39, 0.29) is 0 Å². The van der Waals surface area contributed by atoms with Gasteiger partial charge in [0.1, 0.15) is 5.82 Å². The zero-order valence-electron chi connectivity index (χ0n) is 6.62. The molecule has 2 N–H and O–H groups in total. The molecular formula is C8H4F2O4. The molecule has 0 aliphatic heterocycles. The summed E-state index contributed by atoms with van der Waals surface area (Å²) in [6.07, 6.45) is 0. The van der Waals surface area contributed by atoms with Gasteiger partial charge in [-0.1, -0.05) is 0 Å². The van der Waals surface area contributed by atoms with Gasteiger partial charge < -0.3 is 10.2 Å². The normalized spacial score (nSPS) is 9.86. The summed E-state index contributed by atoms with van der Waals surface area (Å²) < 4.78 is 25.2. The molecule has 14 heavy (non-hydrogen) atoms. The van der Waals surface area contributed by atoms with Gasteiger partial charge in [0.05, 0.1) is 5.56 Å². The molecule has 0 amide bonds. The number of hydrogen-bond acceptors (Lipinski definition) is 3. The molecule has 0 aliphatic rings. The van der Waals surface area contributed by atoms with E-state index in [0.717, 1.165) is 0 Å². The summed E-state index contributed by atoms with van der Waals surface area (Å²) in [7, 11) is 0. The Balaban J connectivity index is 3.34. The summed E-state index contributed by atoms with van der Waals surface area (Å²) >= 11 is 0. The number of hydrogen-bond donors (Lipinski definition) is 2. The SMILES string of the molecule is O=C(O)C(=O)c1cc(F)cc(F)c1O. The van der Waals surface area contributed by atoms with Gasteiger partial charge in [-0.15, -0.1) is 0 Å². The van der Waals surface area contributed by atoms with Crippen LogP contribution < -0.4 is 0 Å². The maximum atomic E-state index is 12.6. The second-order valence-corrected chi connectivity index (χ2v) is 2.42. The highest BCUT2D eigenvalue weighted by Gasteiger charge is 2.22. The van der Waals surface area contributed by atoms with Gasteiger partial charge in [-0.05, 0) is 6.07 Å². The molecule has 0 aliphatic carbocycles. The lowest BCUT2D eigenvalue weighted by Gasteiger charge is -2.01. The molecule has 6 heteroatoms. The number of Topliss-reactive ketones (excluding diaryl/α,β-unsaturated/α-hetero) is 1. The quantitative estimate of drug-likeness (QED) is 0.552. The number of carbonyl (C=O) groups is 2. The molecule has 0 aromatic heterocycles. The number of aliphatic carboxylic acids is 1. The van der Waals surface area contributed by atoms with Crippen LogP contribution in [0, 0.1) is 11.6 Å². The average Bonchev–Trinajstić information content (AvgIpc) is 2.09. The van der Waals surface area contributed by atoms with E-state index in [9.17, 15) is 18.4 Å². The lowest BCUT2D eigenvalue weighted by atomic mass is 10.1. The van der Waals surface area contributed by atoms with Crippen LogP contribution in [0.3, 0.4) is 0 Å². The summed E-state index contributed by atoms with van der Waals surface area (Å²) in [5.41, 5.74) is -0.907.